The molecule has 1 saturated heterocycles. The number of nitrogens with zero attached hydrogens (tertiary/aromatic N) is 4. The maximum atomic E-state index is 14.2. The molecule has 0 spiro atoms. The molecule has 2 unspecified atom stereocenters. The Morgan fingerprint density at radius 3 is 2.48 bits per heavy atom. The van der Waals surface area contributed by atoms with Crippen LogP contribution in [0.5, 0.6) is 5.88 Å². The minimum Gasteiger partial charge on any atom is -0.479 e. The second kappa shape index (κ2) is 7.86. The van der Waals surface area contributed by atoms with Gasteiger partial charge in [-0.05, 0) is 43.9 Å². The molecule has 172 valence electrons. The number of carbonyl (C=O) groups excluding carboxylic acids is 1. The van der Waals surface area contributed by atoms with E-state index in [2.05, 4.69) is 10.1 Å². The lowest BCUT2D eigenvalue weighted by Gasteiger charge is -2.45. The van der Waals surface area contributed by atoms with Gasteiger partial charge in [-0.2, -0.15) is 5.10 Å². The number of aromatic nitrogens is 3. The molecule has 0 radical (unpaired) electrons. The standard InChI is InChI=1S/C23H20F4N4O2/c1-30-21(11-6-15(24)19(27)16(25)7-11)14-9-13-4-3-5-18(20(14)29-30)31(13)23(32)12-8-17(26)22(33-2)28-10-12/h6-8,10,13,18H,3-5,9H2,1-2H3. The number of piperidine rings is 1. The molecule has 1 fully saturated rings. The normalized spacial score (nSPS) is 19.4. The van der Waals surface area contributed by atoms with Crippen molar-refractivity contribution < 1.29 is 27.1 Å². The van der Waals surface area contributed by atoms with Crippen LogP contribution in [0.2, 0.25) is 0 Å². The highest BCUT2D eigenvalue weighted by molar-refractivity contribution is 5.95. The summed E-state index contributed by atoms with van der Waals surface area (Å²) in [6, 6.07) is 2.43. The Kier molecular flexibility index (Phi) is 5.10. The van der Waals surface area contributed by atoms with Gasteiger partial charge in [0, 0.05) is 30.4 Å². The molecule has 5 rings (SSSR count). The van der Waals surface area contributed by atoms with Crippen LogP contribution in [-0.4, -0.2) is 38.7 Å². The fraction of sp³-hybridized carbons (Fsp3) is 0.348. The zero-order chi connectivity index (χ0) is 23.4. The van der Waals surface area contributed by atoms with E-state index in [1.165, 1.54) is 18.0 Å². The fourth-order valence-electron chi connectivity index (χ4n) is 5.04. The zero-order valence-corrected chi connectivity index (χ0v) is 17.9. The SMILES string of the molecule is COc1ncc(C(=O)N2C3CCCC2c2nn(C)c(-c4cc(F)c(F)c(F)c4)c2C3)cc1F. The lowest BCUT2D eigenvalue weighted by atomic mass is 9.81. The molecule has 0 saturated carbocycles. The molecule has 0 N–H and O–H groups in total. The van der Waals surface area contributed by atoms with Gasteiger partial charge >= 0.3 is 0 Å². The molecule has 1 amide bonds. The number of pyridine rings is 1. The highest BCUT2D eigenvalue weighted by atomic mass is 19.2. The van der Waals surface area contributed by atoms with Crippen LogP contribution < -0.4 is 4.74 Å². The van der Waals surface area contributed by atoms with Crippen LogP contribution >= 0.6 is 0 Å². The monoisotopic (exact) mass is 460 g/mol. The maximum absolute atomic E-state index is 14.2. The first kappa shape index (κ1) is 21.4. The Balaban J connectivity index is 1.57. The summed E-state index contributed by atoms with van der Waals surface area (Å²) in [4.78, 5) is 18.9. The molecule has 4 heterocycles. The van der Waals surface area contributed by atoms with Gasteiger partial charge < -0.3 is 9.64 Å². The molecule has 10 heteroatoms. The summed E-state index contributed by atoms with van der Waals surface area (Å²) >= 11 is 0. The predicted molar refractivity (Wildman–Crippen MR) is 110 cm³/mol. The van der Waals surface area contributed by atoms with Crippen molar-refractivity contribution in [1.82, 2.24) is 19.7 Å². The van der Waals surface area contributed by atoms with Crippen molar-refractivity contribution >= 4 is 5.91 Å². The molecular weight excluding hydrogens is 440 g/mol. The van der Waals surface area contributed by atoms with E-state index in [-0.39, 0.29) is 35.0 Å². The minimum atomic E-state index is -1.52. The molecule has 2 aliphatic heterocycles. The highest BCUT2D eigenvalue weighted by Crippen LogP contribution is 2.45. The Morgan fingerprint density at radius 2 is 1.82 bits per heavy atom. The van der Waals surface area contributed by atoms with Crippen LogP contribution in [-0.2, 0) is 13.5 Å². The lowest BCUT2D eigenvalue weighted by molar-refractivity contribution is 0.0391. The van der Waals surface area contributed by atoms with Gasteiger partial charge in [0.05, 0.1) is 30.1 Å². The van der Waals surface area contributed by atoms with E-state index >= 15 is 0 Å². The number of hydrogen-bond donors (Lipinski definition) is 0. The van der Waals surface area contributed by atoms with Crippen molar-refractivity contribution in [2.75, 3.05) is 7.11 Å². The molecule has 0 aliphatic carbocycles. The quantitative estimate of drug-likeness (QED) is 0.431. The molecule has 33 heavy (non-hydrogen) atoms. The van der Waals surface area contributed by atoms with E-state index in [9.17, 15) is 22.4 Å². The predicted octanol–water partition coefficient (Wildman–Crippen LogP) is 4.34. The first-order valence-corrected chi connectivity index (χ1v) is 10.5. The Labute approximate surface area is 186 Å². The van der Waals surface area contributed by atoms with Crippen molar-refractivity contribution in [3.8, 4) is 17.1 Å². The fourth-order valence-corrected chi connectivity index (χ4v) is 5.04. The van der Waals surface area contributed by atoms with E-state index in [0.29, 0.717) is 30.7 Å². The molecule has 6 nitrogen and oxygen atoms in total. The van der Waals surface area contributed by atoms with Crippen molar-refractivity contribution in [2.45, 2.75) is 37.8 Å². The third kappa shape index (κ3) is 3.35. The van der Waals surface area contributed by atoms with Crippen LogP contribution in [0, 0.1) is 23.3 Å². The topological polar surface area (TPSA) is 60.2 Å². The third-order valence-electron chi connectivity index (χ3n) is 6.42. The van der Waals surface area contributed by atoms with Crippen molar-refractivity contribution in [3.63, 3.8) is 0 Å². The van der Waals surface area contributed by atoms with Gasteiger partial charge in [0.1, 0.15) is 0 Å². The molecule has 1 aromatic carbocycles. The number of carbonyl (C=O) groups is 1. The number of fused-ring (bicyclic) bond motifs is 4. The molecule has 2 bridgehead atoms. The van der Waals surface area contributed by atoms with Gasteiger partial charge in [0.25, 0.3) is 5.91 Å². The summed E-state index contributed by atoms with van der Waals surface area (Å²) < 4.78 is 61.9. The van der Waals surface area contributed by atoms with E-state index < -0.39 is 23.3 Å². The molecule has 2 aromatic heterocycles. The highest BCUT2D eigenvalue weighted by Gasteiger charge is 2.43. The van der Waals surface area contributed by atoms with Crippen LogP contribution in [0.4, 0.5) is 17.6 Å². The minimum absolute atomic E-state index is 0.104. The maximum Gasteiger partial charge on any atom is 0.256 e. The van der Waals surface area contributed by atoms with Gasteiger partial charge in [-0.25, -0.2) is 22.5 Å². The first-order valence-electron chi connectivity index (χ1n) is 10.5. The van der Waals surface area contributed by atoms with Crippen molar-refractivity contribution in [2.24, 2.45) is 7.05 Å². The Morgan fingerprint density at radius 1 is 1.09 bits per heavy atom. The Bertz CT molecular complexity index is 1250. The first-order chi connectivity index (χ1) is 15.8. The molecule has 3 aromatic rings. The second-order valence-corrected chi connectivity index (χ2v) is 8.32. The van der Waals surface area contributed by atoms with Crippen molar-refractivity contribution in [1.29, 1.82) is 0 Å². The largest absolute Gasteiger partial charge is 0.479 e. The van der Waals surface area contributed by atoms with Crippen LogP contribution in [0.15, 0.2) is 24.4 Å². The number of aryl methyl sites for hydroxylation is 1. The number of halogens is 4. The average molecular weight is 460 g/mol. The summed E-state index contributed by atoms with van der Waals surface area (Å²) in [5.74, 6) is -5.37. The van der Waals surface area contributed by atoms with Gasteiger partial charge in [-0.1, -0.05) is 0 Å². The summed E-state index contributed by atoms with van der Waals surface area (Å²) in [7, 11) is 2.94. The number of amides is 1. The van der Waals surface area contributed by atoms with Gasteiger partial charge in [-0.15, -0.1) is 0 Å². The zero-order valence-electron chi connectivity index (χ0n) is 17.9. The second-order valence-electron chi connectivity index (χ2n) is 8.32. The number of hydrogen-bond acceptors (Lipinski definition) is 4. The Hall–Kier alpha value is -3.43. The van der Waals surface area contributed by atoms with Crippen LogP contribution in [0.3, 0.4) is 0 Å². The number of benzene rings is 1. The van der Waals surface area contributed by atoms with Crippen LogP contribution in [0.25, 0.3) is 11.3 Å². The van der Waals surface area contributed by atoms with Gasteiger partial charge in [0.15, 0.2) is 23.3 Å². The lowest BCUT2D eigenvalue weighted by Crippen LogP contribution is -2.49. The summed E-state index contributed by atoms with van der Waals surface area (Å²) in [5, 5.41) is 4.58. The summed E-state index contributed by atoms with van der Waals surface area (Å²) in [5.41, 5.74) is 2.18. The number of methoxy groups -OCH3 is 1. The average Bonchev–Trinajstić information content (AvgIpc) is 3.11. The van der Waals surface area contributed by atoms with E-state index in [4.69, 9.17) is 4.74 Å². The summed E-state index contributed by atoms with van der Waals surface area (Å²) in [6.07, 6.45) is 3.93. The molecule has 2 atom stereocenters. The summed E-state index contributed by atoms with van der Waals surface area (Å²) in [6.45, 7) is 0. The van der Waals surface area contributed by atoms with E-state index in [0.717, 1.165) is 30.2 Å². The molecular formula is C23H20F4N4O2. The van der Waals surface area contributed by atoms with E-state index in [1.54, 1.807) is 11.9 Å². The number of ether oxygens (including phenoxy) is 1. The molecule has 2 aliphatic rings. The number of rotatable bonds is 3. The smallest absolute Gasteiger partial charge is 0.256 e. The third-order valence-corrected chi connectivity index (χ3v) is 6.42. The van der Waals surface area contributed by atoms with Gasteiger partial charge in [-0.3, -0.25) is 9.48 Å². The van der Waals surface area contributed by atoms with Crippen LogP contribution in [0.1, 0.15) is 46.9 Å². The van der Waals surface area contributed by atoms with E-state index in [1.807, 2.05) is 0 Å². The van der Waals surface area contributed by atoms with Gasteiger partial charge in [0.2, 0.25) is 5.88 Å². The van der Waals surface area contributed by atoms with Crippen molar-refractivity contribution in [3.05, 3.63) is 64.5 Å².